The number of nitrogens with zero attached hydrogens (tertiary/aromatic N) is 3. The number of halogens is 1. The first-order chi connectivity index (χ1) is 11.1. The maximum Gasteiger partial charge on any atom is 0.226 e. The van der Waals surface area contributed by atoms with Gasteiger partial charge in [0.2, 0.25) is 11.8 Å². The van der Waals surface area contributed by atoms with Crippen LogP contribution < -0.4 is 5.73 Å². The highest BCUT2D eigenvalue weighted by Gasteiger charge is 2.44. The van der Waals surface area contributed by atoms with Crippen LogP contribution in [0.5, 0.6) is 0 Å². The molecule has 2 heterocycles. The predicted octanol–water partition coefficient (Wildman–Crippen LogP) is 2.62. The number of amides is 1. The maximum atomic E-state index is 13.1. The van der Waals surface area contributed by atoms with E-state index in [9.17, 15) is 4.79 Å². The predicted molar refractivity (Wildman–Crippen MR) is 91.5 cm³/mol. The number of hydrogen-bond donors (Lipinski definition) is 1. The van der Waals surface area contributed by atoms with Crippen molar-refractivity contribution in [1.29, 1.82) is 0 Å². The van der Waals surface area contributed by atoms with Gasteiger partial charge in [-0.1, -0.05) is 11.6 Å². The molecule has 4 rings (SSSR count). The fraction of sp³-hybridized carbons (Fsp3) is 0.824. The summed E-state index contributed by atoms with van der Waals surface area (Å²) in [5, 5.41) is 4.04. The molecule has 1 aromatic rings. The minimum Gasteiger partial charge on any atom is -0.340 e. The smallest absolute Gasteiger partial charge is 0.226 e. The van der Waals surface area contributed by atoms with Gasteiger partial charge in [0.15, 0.2) is 5.82 Å². The van der Waals surface area contributed by atoms with Gasteiger partial charge in [0.1, 0.15) is 0 Å². The number of hydrogen-bond acceptors (Lipinski definition) is 5. The van der Waals surface area contributed by atoms with Gasteiger partial charge in [-0.25, -0.2) is 0 Å². The maximum absolute atomic E-state index is 13.1. The normalized spacial score (nSPS) is 35.6. The summed E-state index contributed by atoms with van der Waals surface area (Å²) in [5.74, 6) is 2.73. The molecule has 134 valence electrons. The molecule has 3 fully saturated rings. The molecule has 3 atom stereocenters. The van der Waals surface area contributed by atoms with Gasteiger partial charge in [-0.3, -0.25) is 4.79 Å². The Labute approximate surface area is 148 Å². The fourth-order valence-corrected chi connectivity index (χ4v) is 4.97. The molecule has 2 aliphatic carbocycles. The molecule has 24 heavy (non-hydrogen) atoms. The Morgan fingerprint density at radius 2 is 1.92 bits per heavy atom. The minimum atomic E-state index is -0.00427. The van der Waals surface area contributed by atoms with Gasteiger partial charge in [0.25, 0.3) is 0 Å². The highest BCUT2D eigenvalue weighted by Crippen LogP contribution is 2.43. The Kier molecular flexibility index (Phi) is 5.16. The number of rotatable bonds is 2. The molecule has 2 bridgehead atoms. The van der Waals surface area contributed by atoms with Crippen LogP contribution in [0.15, 0.2) is 4.52 Å². The second kappa shape index (κ2) is 7.00. The summed E-state index contributed by atoms with van der Waals surface area (Å²) in [4.78, 5) is 19.5. The van der Waals surface area contributed by atoms with Crippen LogP contribution in [0.4, 0.5) is 0 Å². The lowest BCUT2D eigenvalue weighted by Gasteiger charge is -2.44. The molecule has 3 unspecified atom stereocenters. The number of aromatic nitrogens is 2. The third kappa shape index (κ3) is 3.06. The highest BCUT2D eigenvalue weighted by molar-refractivity contribution is 5.85. The van der Waals surface area contributed by atoms with Crippen LogP contribution in [-0.2, 0) is 4.79 Å². The Morgan fingerprint density at radius 1 is 1.21 bits per heavy atom. The molecule has 2 N–H and O–H groups in total. The molecular formula is C17H27ClN4O2. The summed E-state index contributed by atoms with van der Waals surface area (Å²) in [6.07, 6.45) is 7.53. The largest absolute Gasteiger partial charge is 0.340 e. The number of carbonyl (C=O) groups is 1. The highest BCUT2D eigenvalue weighted by atomic mass is 35.5. The van der Waals surface area contributed by atoms with Gasteiger partial charge in [0.05, 0.1) is 6.04 Å². The molecule has 1 saturated heterocycles. The lowest BCUT2D eigenvalue weighted by atomic mass is 9.65. The van der Waals surface area contributed by atoms with Crippen molar-refractivity contribution in [3.05, 3.63) is 11.7 Å². The van der Waals surface area contributed by atoms with Crippen molar-refractivity contribution in [2.45, 2.75) is 64.0 Å². The molecule has 3 aliphatic rings. The molecule has 2 saturated carbocycles. The van der Waals surface area contributed by atoms with E-state index in [2.05, 4.69) is 10.1 Å². The van der Waals surface area contributed by atoms with Crippen molar-refractivity contribution in [2.75, 3.05) is 6.54 Å². The van der Waals surface area contributed by atoms with Gasteiger partial charge in [0, 0.05) is 25.4 Å². The van der Waals surface area contributed by atoms with Gasteiger partial charge in [-0.2, -0.15) is 4.98 Å². The lowest BCUT2D eigenvalue weighted by Crippen LogP contribution is -2.49. The Balaban J connectivity index is 0.00000169. The molecule has 1 aliphatic heterocycles. The van der Waals surface area contributed by atoms with Crippen LogP contribution in [0.25, 0.3) is 0 Å². The zero-order valence-electron chi connectivity index (χ0n) is 14.2. The van der Waals surface area contributed by atoms with Gasteiger partial charge >= 0.3 is 0 Å². The first kappa shape index (κ1) is 17.7. The number of nitrogens with two attached hydrogens (primary N) is 1. The third-order valence-corrected chi connectivity index (χ3v) is 6.14. The van der Waals surface area contributed by atoms with Crippen molar-refractivity contribution >= 4 is 18.3 Å². The van der Waals surface area contributed by atoms with E-state index < -0.39 is 0 Å². The second-order valence-corrected chi connectivity index (χ2v) is 7.56. The molecule has 0 aromatic carbocycles. The number of fused-ring (bicyclic) bond motifs is 2. The van der Waals surface area contributed by atoms with Crippen LogP contribution in [0, 0.1) is 24.7 Å². The summed E-state index contributed by atoms with van der Waals surface area (Å²) < 4.78 is 5.11. The summed E-state index contributed by atoms with van der Waals surface area (Å²) in [5.41, 5.74) is 6.36. The van der Waals surface area contributed by atoms with Crippen molar-refractivity contribution < 1.29 is 9.32 Å². The Hall–Kier alpha value is -1.14. The molecular weight excluding hydrogens is 328 g/mol. The van der Waals surface area contributed by atoms with E-state index in [1.807, 2.05) is 4.90 Å². The zero-order valence-corrected chi connectivity index (χ0v) is 15.0. The quantitative estimate of drug-likeness (QED) is 0.882. The number of carbonyl (C=O) groups excluding carboxylic acids is 1. The summed E-state index contributed by atoms with van der Waals surface area (Å²) in [7, 11) is 0. The standard InChI is InChI=1S/C17H26N4O2.ClH/c1-10-19-16(20-23-10)14-6-3-7-21(14)17(22)13-8-11-4-2-5-12(9-13)15(11)18;/h11-15H,2-9,18H2,1H3;1H. The van der Waals surface area contributed by atoms with E-state index in [0.29, 0.717) is 35.5 Å². The van der Waals surface area contributed by atoms with E-state index in [4.69, 9.17) is 10.3 Å². The van der Waals surface area contributed by atoms with E-state index in [1.165, 1.54) is 19.3 Å². The van der Waals surface area contributed by atoms with E-state index in [0.717, 1.165) is 32.2 Å². The second-order valence-electron chi connectivity index (χ2n) is 7.56. The van der Waals surface area contributed by atoms with Crippen molar-refractivity contribution in [1.82, 2.24) is 15.0 Å². The number of aryl methyl sites for hydroxylation is 1. The molecule has 1 aromatic heterocycles. The average molecular weight is 355 g/mol. The molecule has 7 heteroatoms. The van der Waals surface area contributed by atoms with Crippen molar-refractivity contribution in [3.63, 3.8) is 0 Å². The monoisotopic (exact) mass is 354 g/mol. The topological polar surface area (TPSA) is 85.2 Å². The average Bonchev–Trinajstić information content (AvgIpc) is 3.14. The molecule has 0 spiro atoms. The van der Waals surface area contributed by atoms with Gasteiger partial charge in [-0.15, -0.1) is 12.4 Å². The third-order valence-electron chi connectivity index (χ3n) is 6.14. The zero-order chi connectivity index (χ0) is 16.0. The van der Waals surface area contributed by atoms with Crippen LogP contribution in [0.2, 0.25) is 0 Å². The molecule has 1 amide bonds. The van der Waals surface area contributed by atoms with E-state index in [-0.39, 0.29) is 24.4 Å². The molecule has 0 radical (unpaired) electrons. The van der Waals surface area contributed by atoms with Crippen LogP contribution >= 0.6 is 12.4 Å². The van der Waals surface area contributed by atoms with Crippen LogP contribution in [0.1, 0.15) is 62.7 Å². The lowest BCUT2D eigenvalue weighted by molar-refractivity contribution is -0.139. The summed E-state index contributed by atoms with van der Waals surface area (Å²) in [6, 6.07) is 0.303. The SMILES string of the molecule is Cc1nc(C2CCCN2C(=O)C2CC3CCCC(C2)C3N)no1.Cl. The van der Waals surface area contributed by atoms with Gasteiger partial charge in [-0.05, 0) is 50.4 Å². The van der Waals surface area contributed by atoms with Crippen LogP contribution in [-0.4, -0.2) is 33.5 Å². The van der Waals surface area contributed by atoms with E-state index >= 15 is 0 Å². The molecule has 6 nitrogen and oxygen atoms in total. The number of likely N-dealkylation sites (tertiary alicyclic amines) is 1. The first-order valence-corrected chi connectivity index (χ1v) is 8.99. The first-order valence-electron chi connectivity index (χ1n) is 8.99. The Morgan fingerprint density at radius 3 is 2.54 bits per heavy atom. The van der Waals surface area contributed by atoms with Crippen LogP contribution in [0.3, 0.4) is 0 Å². The fourth-order valence-electron chi connectivity index (χ4n) is 4.97. The van der Waals surface area contributed by atoms with E-state index in [1.54, 1.807) is 6.92 Å². The summed E-state index contributed by atoms with van der Waals surface area (Å²) >= 11 is 0. The van der Waals surface area contributed by atoms with Gasteiger partial charge < -0.3 is 15.2 Å². The summed E-state index contributed by atoms with van der Waals surface area (Å²) in [6.45, 7) is 2.61. The minimum absolute atomic E-state index is 0. The van der Waals surface area contributed by atoms with Crippen molar-refractivity contribution in [3.8, 4) is 0 Å². The van der Waals surface area contributed by atoms with Crippen molar-refractivity contribution in [2.24, 2.45) is 23.5 Å². The Bertz CT molecular complexity index is 579.